The smallest absolute Gasteiger partial charge is 0.137 e. The van der Waals surface area contributed by atoms with Crippen molar-refractivity contribution in [2.75, 3.05) is 24.6 Å². The molecule has 1 N–H and O–H groups in total. The van der Waals surface area contributed by atoms with Gasteiger partial charge in [-0.3, -0.25) is 0 Å². The zero-order chi connectivity index (χ0) is 14.1. The van der Waals surface area contributed by atoms with Gasteiger partial charge in [0.1, 0.15) is 24.5 Å². The van der Waals surface area contributed by atoms with Crippen molar-refractivity contribution in [3.63, 3.8) is 0 Å². The Balaban J connectivity index is 1.71. The predicted molar refractivity (Wildman–Crippen MR) is 80.4 cm³/mol. The van der Waals surface area contributed by atoms with Crippen LogP contribution in [0.4, 0.5) is 5.82 Å². The van der Waals surface area contributed by atoms with Crippen LogP contribution >= 0.6 is 0 Å². The summed E-state index contributed by atoms with van der Waals surface area (Å²) >= 11 is 0. The molecule has 2 aliphatic rings. The minimum absolute atomic E-state index is 0.684. The van der Waals surface area contributed by atoms with Gasteiger partial charge in [-0.25, -0.2) is 9.97 Å². The van der Waals surface area contributed by atoms with E-state index in [9.17, 15) is 0 Å². The monoisotopic (exact) mass is 282 g/mol. The van der Waals surface area contributed by atoms with Crippen LogP contribution in [-0.4, -0.2) is 29.7 Å². The minimum Gasteiger partial charge on any atom is -0.491 e. The Morgan fingerprint density at radius 1 is 1.19 bits per heavy atom. The topological polar surface area (TPSA) is 50.3 Å². The summed E-state index contributed by atoms with van der Waals surface area (Å²) in [4.78, 5) is 11.3. The third kappa shape index (κ3) is 2.34. The highest BCUT2D eigenvalue weighted by Gasteiger charge is 2.22. The zero-order valence-electron chi connectivity index (χ0n) is 11.9. The third-order valence-electron chi connectivity index (χ3n) is 4.10. The predicted octanol–water partition coefficient (Wildman–Crippen LogP) is 1.52. The van der Waals surface area contributed by atoms with Gasteiger partial charge >= 0.3 is 0 Å². The lowest BCUT2D eigenvalue weighted by atomic mass is 10.1. The van der Waals surface area contributed by atoms with Crippen molar-refractivity contribution < 1.29 is 4.74 Å². The fourth-order valence-corrected chi connectivity index (χ4v) is 3.03. The molecule has 0 saturated heterocycles. The number of benzene rings is 1. The normalized spacial score (nSPS) is 17.4. The fourth-order valence-electron chi connectivity index (χ4n) is 3.03. The second-order valence-corrected chi connectivity index (χ2v) is 5.43. The van der Waals surface area contributed by atoms with Crippen molar-refractivity contribution in [2.24, 2.45) is 0 Å². The van der Waals surface area contributed by atoms with E-state index in [1.54, 1.807) is 6.33 Å². The number of hydrogen-bond acceptors (Lipinski definition) is 5. The molecule has 21 heavy (non-hydrogen) atoms. The van der Waals surface area contributed by atoms with Crippen molar-refractivity contribution in [3.05, 3.63) is 47.4 Å². The average Bonchev–Trinajstić information content (AvgIpc) is 2.76. The maximum atomic E-state index is 5.84. The molecule has 0 unspecified atom stereocenters. The van der Waals surface area contributed by atoms with Gasteiger partial charge < -0.3 is 15.0 Å². The van der Waals surface area contributed by atoms with Crippen LogP contribution in [0.5, 0.6) is 5.75 Å². The lowest BCUT2D eigenvalue weighted by molar-refractivity contribution is 0.331. The average molecular weight is 282 g/mol. The minimum atomic E-state index is 0.684. The van der Waals surface area contributed by atoms with Crippen LogP contribution in [0, 0.1) is 0 Å². The van der Waals surface area contributed by atoms with E-state index in [0.29, 0.717) is 6.61 Å². The summed E-state index contributed by atoms with van der Waals surface area (Å²) in [6, 6.07) is 8.24. The first kappa shape index (κ1) is 12.6. The van der Waals surface area contributed by atoms with E-state index in [1.165, 1.54) is 16.8 Å². The van der Waals surface area contributed by atoms with E-state index in [1.807, 2.05) is 12.1 Å². The van der Waals surface area contributed by atoms with Crippen LogP contribution in [0.2, 0.25) is 0 Å². The van der Waals surface area contributed by atoms with Gasteiger partial charge in [-0.15, -0.1) is 0 Å². The lowest BCUT2D eigenvalue weighted by Crippen LogP contribution is -2.32. The van der Waals surface area contributed by atoms with Crippen molar-refractivity contribution in [1.82, 2.24) is 15.3 Å². The first-order chi connectivity index (χ1) is 10.4. The standard InChI is InChI=1S/C16H18N4O/c1-2-4-15-12(3-1)10-20(7-8-21-15)16-13-9-17-6-5-14(13)18-11-19-16/h1-4,11,17H,5-10H2. The van der Waals surface area contributed by atoms with Gasteiger partial charge in [0.2, 0.25) is 0 Å². The molecule has 0 radical (unpaired) electrons. The van der Waals surface area contributed by atoms with Crippen LogP contribution in [0.25, 0.3) is 0 Å². The number of fused-ring (bicyclic) bond motifs is 2. The SMILES string of the molecule is c1ccc2c(c1)CN(c1ncnc3c1CNCC3)CCO2. The Hall–Kier alpha value is -2.14. The molecule has 0 amide bonds. The highest BCUT2D eigenvalue weighted by atomic mass is 16.5. The molecule has 4 rings (SSSR count). The molecule has 0 saturated carbocycles. The molecule has 5 nitrogen and oxygen atoms in total. The fraction of sp³-hybridized carbons (Fsp3) is 0.375. The molecule has 3 heterocycles. The Morgan fingerprint density at radius 3 is 3.14 bits per heavy atom. The number of anilines is 1. The summed E-state index contributed by atoms with van der Waals surface area (Å²) in [6.07, 6.45) is 2.67. The van der Waals surface area contributed by atoms with Crippen LogP contribution in [0.1, 0.15) is 16.8 Å². The van der Waals surface area contributed by atoms with E-state index >= 15 is 0 Å². The van der Waals surface area contributed by atoms with Crippen molar-refractivity contribution >= 4 is 5.82 Å². The van der Waals surface area contributed by atoms with Crippen LogP contribution in [0.3, 0.4) is 0 Å². The maximum Gasteiger partial charge on any atom is 0.137 e. The van der Waals surface area contributed by atoms with Gasteiger partial charge in [0.25, 0.3) is 0 Å². The molecule has 108 valence electrons. The van der Waals surface area contributed by atoms with E-state index in [2.05, 4.69) is 32.3 Å². The molecule has 0 fully saturated rings. The lowest BCUT2D eigenvalue weighted by Gasteiger charge is -2.26. The summed E-state index contributed by atoms with van der Waals surface area (Å²) in [6.45, 7) is 4.21. The molecular weight excluding hydrogens is 264 g/mol. The Labute approximate surface area is 124 Å². The second-order valence-electron chi connectivity index (χ2n) is 5.43. The van der Waals surface area contributed by atoms with Gasteiger partial charge in [0, 0.05) is 37.2 Å². The van der Waals surface area contributed by atoms with Gasteiger partial charge in [0.05, 0.1) is 12.2 Å². The van der Waals surface area contributed by atoms with E-state index < -0.39 is 0 Å². The van der Waals surface area contributed by atoms with E-state index in [4.69, 9.17) is 4.74 Å². The second kappa shape index (κ2) is 5.33. The van der Waals surface area contributed by atoms with Crippen LogP contribution < -0.4 is 15.0 Å². The summed E-state index contributed by atoms with van der Waals surface area (Å²) in [5.74, 6) is 2.04. The number of aromatic nitrogens is 2. The summed E-state index contributed by atoms with van der Waals surface area (Å²) in [7, 11) is 0. The Kier molecular flexibility index (Phi) is 3.20. The van der Waals surface area contributed by atoms with Gasteiger partial charge in [0.15, 0.2) is 0 Å². The molecule has 2 aliphatic heterocycles. The van der Waals surface area contributed by atoms with Gasteiger partial charge in [-0.2, -0.15) is 0 Å². The number of ether oxygens (including phenoxy) is 1. The van der Waals surface area contributed by atoms with E-state index in [-0.39, 0.29) is 0 Å². The molecular formula is C16H18N4O. The summed E-state index contributed by atoms with van der Waals surface area (Å²) < 4.78 is 5.84. The number of para-hydroxylation sites is 1. The maximum absolute atomic E-state index is 5.84. The Bertz CT molecular complexity index is 658. The van der Waals surface area contributed by atoms with Gasteiger partial charge in [-0.05, 0) is 6.07 Å². The van der Waals surface area contributed by atoms with Crippen molar-refractivity contribution in [1.29, 1.82) is 0 Å². The zero-order valence-corrected chi connectivity index (χ0v) is 11.9. The molecule has 0 atom stereocenters. The molecule has 0 aliphatic carbocycles. The third-order valence-corrected chi connectivity index (χ3v) is 4.10. The number of nitrogens with zero attached hydrogens (tertiary/aromatic N) is 3. The van der Waals surface area contributed by atoms with Crippen molar-refractivity contribution in [3.8, 4) is 5.75 Å². The van der Waals surface area contributed by atoms with Crippen LogP contribution in [-0.2, 0) is 19.5 Å². The highest BCUT2D eigenvalue weighted by molar-refractivity contribution is 5.51. The first-order valence-electron chi connectivity index (χ1n) is 7.41. The highest BCUT2D eigenvalue weighted by Crippen LogP contribution is 2.28. The number of rotatable bonds is 1. The van der Waals surface area contributed by atoms with E-state index in [0.717, 1.165) is 44.2 Å². The molecule has 2 aromatic rings. The molecule has 1 aromatic heterocycles. The number of hydrogen-bond donors (Lipinski definition) is 1. The largest absolute Gasteiger partial charge is 0.491 e. The Morgan fingerprint density at radius 2 is 2.14 bits per heavy atom. The van der Waals surface area contributed by atoms with Crippen LogP contribution in [0.15, 0.2) is 30.6 Å². The van der Waals surface area contributed by atoms with Gasteiger partial charge in [-0.1, -0.05) is 18.2 Å². The summed E-state index contributed by atoms with van der Waals surface area (Å²) in [5, 5.41) is 3.42. The first-order valence-corrected chi connectivity index (χ1v) is 7.41. The van der Waals surface area contributed by atoms with Crippen molar-refractivity contribution in [2.45, 2.75) is 19.5 Å². The number of nitrogens with one attached hydrogen (secondary N) is 1. The quantitative estimate of drug-likeness (QED) is 0.859. The summed E-state index contributed by atoms with van der Waals surface area (Å²) in [5.41, 5.74) is 3.63. The molecule has 1 aromatic carbocycles. The molecule has 5 heteroatoms. The molecule has 0 bridgehead atoms. The molecule has 0 spiro atoms.